The third-order valence-corrected chi connectivity index (χ3v) is 8.57. The minimum Gasteiger partial charge on any atom is -0.385 e. The Kier molecular flexibility index (Phi) is 7.69. The summed E-state index contributed by atoms with van der Waals surface area (Å²) in [5.41, 5.74) is 3.20. The molecule has 3 heterocycles. The van der Waals surface area contributed by atoms with E-state index in [9.17, 15) is 9.90 Å². The van der Waals surface area contributed by atoms with Crippen molar-refractivity contribution in [2.45, 2.75) is 56.3 Å². The highest BCUT2D eigenvalue weighted by atomic mass is 16.5. The lowest BCUT2D eigenvalue weighted by molar-refractivity contribution is -0.0893. The quantitative estimate of drug-likeness (QED) is 0.351. The molecule has 2 fully saturated rings. The predicted molar refractivity (Wildman–Crippen MR) is 154 cm³/mol. The van der Waals surface area contributed by atoms with Crippen LogP contribution in [0.4, 0.5) is 0 Å². The van der Waals surface area contributed by atoms with Crippen molar-refractivity contribution in [1.29, 1.82) is 0 Å². The van der Waals surface area contributed by atoms with Gasteiger partial charge in [-0.2, -0.15) is 0 Å². The molecule has 210 valence electrons. The molecule has 1 saturated heterocycles. The monoisotopic (exact) mass is 542 g/mol. The first-order valence-corrected chi connectivity index (χ1v) is 14.3. The number of carbonyl (C=O) groups is 1. The zero-order valence-corrected chi connectivity index (χ0v) is 23.1. The second kappa shape index (κ2) is 11.5. The summed E-state index contributed by atoms with van der Waals surface area (Å²) in [7, 11) is 1.63. The molecule has 1 aliphatic carbocycles. The number of fused-ring (bicyclic) bond motifs is 1. The number of aryl methyl sites for hydroxylation is 1. The van der Waals surface area contributed by atoms with Crippen LogP contribution in [0.25, 0.3) is 22.3 Å². The number of nitrogens with one attached hydrogen (secondary N) is 1. The number of para-hydroxylation sites is 2. The number of hydrogen-bond donors (Lipinski definition) is 2. The van der Waals surface area contributed by atoms with Crippen LogP contribution >= 0.6 is 0 Å². The van der Waals surface area contributed by atoms with Gasteiger partial charge >= 0.3 is 0 Å². The van der Waals surface area contributed by atoms with Crippen molar-refractivity contribution in [3.05, 3.63) is 72.9 Å². The largest absolute Gasteiger partial charge is 0.385 e. The fourth-order valence-corrected chi connectivity index (χ4v) is 6.55. The second-order valence-electron chi connectivity index (χ2n) is 11.1. The highest BCUT2D eigenvalue weighted by Crippen LogP contribution is 2.41. The first-order chi connectivity index (χ1) is 19.6. The van der Waals surface area contributed by atoms with Gasteiger partial charge in [-0.3, -0.25) is 4.79 Å². The van der Waals surface area contributed by atoms with Gasteiger partial charge in [-0.05, 0) is 31.4 Å². The summed E-state index contributed by atoms with van der Waals surface area (Å²) in [5.74, 6) is -0.0642. The maximum absolute atomic E-state index is 14.3. The number of rotatable bonds is 8. The molecule has 0 unspecified atom stereocenters. The van der Waals surface area contributed by atoms with Crippen LogP contribution in [0.5, 0.6) is 0 Å². The molecule has 6 rings (SSSR count). The minimum atomic E-state index is -1.01. The van der Waals surface area contributed by atoms with Gasteiger partial charge in [0.2, 0.25) is 0 Å². The maximum Gasteiger partial charge on any atom is 0.275 e. The van der Waals surface area contributed by atoms with Gasteiger partial charge in [0.25, 0.3) is 5.91 Å². The van der Waals surface area contributed by atoms with Crippen LogP contribution in [-0.2, 0) is 11.3 Å². The average molecular weight is 543 g/mol. The summed E-state index contributed by atoms with van der Waals surface area (Å²) < 4.78 is 9.66. The highest BCUT2D eigenvalue weighted by Gasteiger charge is 2.42. The summed E-state index contributed by atoms with van der Waals surface area (Å²) in [6.45, 7) is 3.11. The van der Waals surface area contributed by atoms with Gasteiger partial charge in [-0.15, -0.1) is 0 Å². The second-order valence-corrected chi connectivity index (χ2v) is 11.1. The van der Waals surface area contributed by atoms with Crippen molar-refractivity contribution in [3.63, 3.8) is 0 Å². The summed E-state index contributed by atoms with van der Waals surface area (Å²) in [6.07, 6.45) is 7.86. The van der Waals surface area contributed by atoms with Gasteiger partial charge in [0.05, 0.1) is 42.0 Å². The van der Waals surface area contributed by atoms with Crippen LogP contribution in [-0.4, -0.2) is 80.0 Å². The highest BCUT2D eigenvalue weighted by molar-refractivity contribution is 5.98. The number of piperazine rings is 1. The smallest absolute Gasteiger partial charge is 0.275 e. The van der Waals surface area contributed by atoms with Gasteiger partial charge < -0.3 is 29.2 Å². The number of aliphatic hydroxyl groups is 1. The third-order valence-electron chi connectivity index (χ3n) is 8.57. The Hall–Kier alpha value is -3.53. The topological polar surface area (TPSA) is 97.4 Å². The van der Waals surface area contributed by atoms with Crippen LogP contribution in [0, 0.1) is 0 Å². The molecule has 2 N–H and O–H groups in total. The van der Waals surface area contributed by atoms with E-state index in [1.54, 1.807) is 13.4 Å². The molecule has 1 aliphatic heterocycles. The van der Waals surface area contributed by atoms with Crippen LogP contribution in [0.15, 0.2) is 67.3 Å². The summed E-state index contributed by atoms with van der Waals surface area (Å²) in [5, 5.41) is 15.1. The van der Waals surface area contributed by atoms with Crippen LogP contribution in [0.1, 0.15) is 48.6 Å². The van der Waals surface area contributed by atoms with Gasteiger partial charge in [-0.25, -0.2) is 9.97 Å². The normalized spacial score (nSPS) is 23.5. The Balaban J connectivity index is 1.32. The molecule has 0 spiro atoms. The van der Waals surface area contributed by atoms with E-state index in [2.05, 4.69) is 20.9 Å². The first-order valence-electron chi connectivity index (χ1n) is 14.3. The summed E-state index contributed by atoms with van der Waals surface area (Å²) in [6, 6.07) is 17.9. The van der Waals surface area contributed by atoms with Gasteiger partial charge in [0, 0.05) is 44.9 Å². The van der Waals surface area contributed by atoms with E-state index in [0.717, 1.165) is 67.6 Å². The standard InChI is InChI=1S/C31H38N6O3/c1-40-20-31(39)15-8-7-13-27(31)37-22-34-28(29(37)23-9-3-2-4-10-23)30(38)36-18-16-32-19-24(36)14-17-35-21-33-25-11-5-6-12-26(25)35/h2-6,9-12,21-22,24,27,32,39H,7-8,13-20H2,1H3/t24-,27-,31-/m1/s1. The molecule has 9 nitrogen and oxygen atoms in total. The number of imidazole rings is 2. The Morgan fingerprint density at radius 3 is 2.77 bits per heavy atom. The van der Waals surface area contributed by atoms with Gasteiger partial charge in [0.1, 0.15) is 5.60 Å². The molecule has 40 heavy (non-hydrogen) atoms. The lowest BCUT2D eigenvalue weighted by Gasteiger charge is -2.41. The molecular formula is C31H38N6O3. The Morgan fingerprint density at radius 2 is 1.93 bits per heavy atom. The van der Waals surface area contributed by atoms with Crippen LogP contribution < -0.4 is 5.32 Å². The number of nitrogens with zero attached hydrogens (tertiary/aromatic N) is 5. The average Bonchev–Trinajstić information content (AvgIpc) is 3.61. The number of hydrogen-bond acceptors (Lipinski definition) is 6. The van der Waals surface area contributed by atoms with E-state index < -0.39 is 5.60 Å². The van der Waals surface area contributed by atoms with E-state index in [1.165, 1.54) is 0 Å². The molecule has 2 aromatic heterocycles. The molecule has 2 aliphatic rings. The molecule has 0 bridgehead atoms. The van der Waals surface area contributed by atoms with Crippen molar-refractivity contribution in [2.75, 3.05) is 33.4 Å². The van der Waals surface area contributed by atoms with E-state index >= 15 is 0 Å². The molecule has 4 aromatic rings. The number of amides is 1. The molecule has 2 aromatic carbocycles. The van der Waals surface area contributed by atoms with E-state index in [-0.39, 0.29) is 24.6 Å². The zero-order chi connectivity index (χ0) is 27.5. The Morgan fingerprint density at radius 1 is 1.10 bits per heavy atom. The molecular weight excluding hydrogens is 504 g/mol. The third kappa shape index (κ3) is 5.05. The van der Waals surface area contributed by atoms with Gasteiger partial charge in [-0.1, -0.05) is 55.3 Å². The van der Waals surface area contributed by atoms with Crippen molar-refractivity contribution < 1.29 is 14.6 Å². The molecule has 1 saturated carbocycles. The number of benzene rings is 2. The van der Waals surface area contributed by atoms with E-state index in [4.69, 9.17) is 9.72 Å². The SMILES string of the molecule is COC[C@]1(O)CCCC[C@H]1n1cnc(C(=O)N2CCNC[C@H]2CCn2cnc3ccccc32)c1-c1ccccc1. The van der Waals surface area contributed by atoms with Crippen molar-refractivity contribution in [2.24, 2.45) is 0 Å². The molecule has 9 heteroatoms. The zero-order valence-electron chi connectivity index (χ0n) is 23.1. The molecule has 3 atom stereocenters. The number of aromatic nitrogens is 4. The maximum atomic E-state index is 14.3. The lowest BCUT2D eigenvalue weighted by atomic mass is 9.80. The summed E-state index contributed by atoms with van der Waals surface area (Å²) in [4.78, 5) is 25.5. The van der Waals surface area contributed by atoms with E-state index in [0.29, 0.717) is 18.7 Å². The minimum absolute atomic E-state index is 0.0243. The van der Waals surface area contributed by atoms with E-state index in [1.807, 2.05) is 64.3 Å². The number of carbonyl (C=O) groups excluding carboxylic acids is 1. The predicted octanol–water partition coefficient (Wildman–Crippen LogP) is 3.90. The first kappa shape index (κ1) is 26.7. The van der Waals surface area contributed by atoms with Crippen LogP contribution in [0.2, 0.25) is 0 Å². The fraction of sp³-hybridized carbons (Fsp3) is 0.452. The Bertz CT molecular complexity index is 1450. The van der Waals surface area contributed by atoms with Crippen molar-refractivity contribution in [3.8, 4) is 11.3 Å². The lowest BCUT2D eigenvalue weighted by Crippen LogP contribution is -2.54. The molecule has 0 radical (unpaired) electrons. The van der Waals surface area contributed by atoms with Crippen molar-refractivity contribution >= 4 is 16.9 Å². The number of methoxy groups -OCH3 is 1. The Labute approximate surface area is 234 Å². The molecule has 1 amide bonds. The fourth-order valence-electron chi connectivity index (χ4n) is 6.55. The summed E-state index contributed by atoms with van der Waals surface area (Å²) >= 11 is 0. The van der Waals surface area contributed by atoms with Gasteiger partial charge in [0.15, 0.2) is 5.69 Å². The van der Waals surface area contributed by atoms with Crippen LogP contribution in [0.3, 0.4) is 0 Å². The van der Waals surface area contributed by atoms with Crippen molar-refractivity contribution in [1.82, 2.24) is 29.3 Å². The number of ether oxygens (including phenoxy) is 1.